The lowest BCUT2D eigenvalue weighted by molar-refractivity contribution is -0.242. The van der Waals surface area contributed by atoms with Gasteiger partial charge in [-0.15, -0.1) is 0 Å². The smallest absolute Gasteiger partial charge is 0.239 e. The maximum atomic E-state index is 12.9. The summed E-state index contributed by atoms with van der Waals surface area (Å²) in [6.45, 7) is -0.302. The molecule has 11 nitrogen and oxygen atoms in total. The number of aliphatic hydroxyl groups excluding tert-OH is 3. The number of aromatic hydroxyl groups is 3. The lowest BCUT2D eigenvalue weighted by Crippen LogP contribution is -2.54. The van der Waals surface area contributed by atoms with Crippen molar-refractivity contribution in [2.45, 2.75) is 24.6 Å². The number of phenolic OH excluding ortho intramolecular Hbond substituents is 3. The third kappa shape index (κ3) is 3.67. The van der Waals surface area contributed by atoms with Crippen molar-refractivity contribution in [3.8, 4) is 40.1 Å². The summed E-state index contributed by atoms with van der Waals surface area (Å²) in [5.41, 5.74) is -0.593. The Kier molecular flexibility index (Phi) is 5.57. The molecule has 32 heavy (non-hydrogen) atoms. The van der Waals surface area contributed by atoms with Gasteiger partial charge in [0.15, 0.2) is 17.3 Å². The van der Waals surface area contributed by atoms with Crippen molar-refractivity contribution in [3.63, 3.8) is 0 Å². The van der Waals surface area contributed by atoms with Gasteiger partial charge in [0.05, 0.1) is 13.7 Å². The minimum Gasteiger partial charge on any atom is -0.508 e. The van der Waals surface area contributed by atoms with E-state index in [0.29, 0.717) is 0 Å². The van der Waals surface area contributed by atoms with Gasteiger partial charge in [0.2, 0.25) is 17.5 Å². The summed E-state index contributed by atoms with van der Waals surface area (Å²) in [5.74, 6) is -1.67. The molecule has 0 saturated carbocycles. The molecule has 2 aromatic carbocycles. The van der Waals surface area contributed by atoms with E-state index in [1.165, 1.54) is 25.3 Å². The van der Waals surface area contributed by atoms with Crippen LogP contribution in [0.2, 0.25) is 0 Å². The minimum absolute atomic E-state index is 0.0829. The minimum atomic E-state index is -1.60. The summed E-state index contributed by atoms with van der Waals surface area (Å²) in [4.78, 5) is 12.9. The van der Waals surface area contributed by atoms with E-state index < -0.39 is 35.8 Å². The van der Waals surface area contributed by atoms with E-state index in [9.17, 15) is 35.4 Å². The maximum Gasteiger partial charge on any atom is 0.239 e. The molecule has 4 atom stereocenters. The molecule has 3 aromatic rings. The van der Waals surface area contributed by atoms with Crippen LogP contribution in [-0.2, 0) is 4.74 Å². The monoisotopic (exact) mass is 448 g/mol. The molecule has 170 valence electrons. The van der Waals surface area contributed by atoms with Crippen LogP contribution in [-0.4, -0.2) is 69.0 Å². The fourth-order valence-electron chi connectivity index (χ4n) is 3.40. The first kappa shape index (κ1) is 21.7. The zero-order chi connectivity index (χ0) is 23.2. The summed E-state index contributed by atoms with van der Waals surface area (Å²) in [7, 11) is 1.23. The molecule has 4 unspecified atom stereocenters. The number of fused-ring (bicyclic) bond motifs is 1. The van der Waals surface area contributed by atoms with Crippen LogP contribution < -0.4 is 14.9 Å². The second-order valence-electron chi connectivity index (χ2n) is 7.18. The van der Waals surface area contributed by atoms with Gasteiger partial charge in [-0.1, -0.05) is 0 Å². The highest BCUT2D eigenvalue weighted by molar-refractivity contribution is 5.88. The highest BCUT2D eigenvalue weighted by atomic mass is 16.7. The number of hydrogen-bond donors (Lipinski definition) is 6. The van der Waals surface area contributed by atoms with E-state index in [1.54, 1.807) is 0 Å². The molecule has 0 amide bonds. The first-order valence-corrected chi connectivity index (χ1v) is 9.44. The van der Waals surface area contributed by atoms with Crippen LogP contribution >= 0.6 is 0 Å². The Bertz CT molecular complexity index is 1220. The second kappa shape index (κ2) is 8.20. The van der Waals surface area contributed by atoms with Crippen molar-refractivity contribution in [1.82, 2.24) is 0 Å². The average molecular weight is 448 g/mol. The van der Waals surface area contributed by atoms with Gasteiger partial charge in [0, 0.05) is 17.7 Å². The molecule has 0 spiro atoms. The van der Waals surface area contributed by atoms with Crippen LogP contribution in [0.4, 0.5) is 0 Å². The molecule has 0 radical (unpaired) electrons. The maximum absolute atomic E-state index is 12.9. The number of hydrogen-bond acceptors (Lipinski definition) is 11. The fourth-order valence-corrected chi connectivity index (χ4v) is 3.40. The number of benzene rings is 2. The first-order chi connectivity index (χ1) is 15.2. The Morgan fingerprint density at radius 3 is 2.47 bits per heavy atom. The van der Waals surface area contributed by atoms with Gasteiger partial charge < -0.3 is 49.3 Å². The van der Waals surface area contributed by atoms with E-state index in [1.807, 2.05) is 0 Å². The molecule has 2 heterocycles. The Hall–Kier alpha value is -3.51. The molecular formula is C21H20O11. The Labute approximate surface area is 179 Å². The van der Waals surface area contributed by atoms with Gasteiger partial charge in [0.25, 0.3) is 0 Å². The molecule has 0 aliphatic carbocycles. The molecule has 1 fully saturated rings. The molecular weight excluding hydrogens is 428 g/mol. The Morgan fingerprint density at radius 1 is 1.00 bits per heavy atom. The molecule has 1 saturated heterocycles. The molecule has 6 N–H and O–H groups in total. The van der Waals surface area contributed by atoms with Gasteiger partial charge in [-0.2, -0.15) is 0 Å². The standard InChI is InChI=1S/C21H20O11/c1-29-20-17(27)15-11(24)5-9(22)6-14(15)31-19(20)8-2-3-10(23)13(4-8)32-21-18(28)16(26)12(25)7-30-21/h2-6,12,16,18,21-26,28H,7H2,1H3. The van der Waals surface area contributed by atoms with Crippen LogP contribution in [0.5, 0.6) is 28.7 Å². The quantitative estimate of drug-likeness (QED) is 0.325. The van der Waals surface area contributed by atoms with Crippen molar-refractivity contribution >= 4 is 11.0 Å². The summed E-state index contributed by atoms with van der Waals surface area (Å²) < 4.78 is 21.5. The third-order valence-electron chi connectivity index (χ3n) is 5.04. The van der Waals surface area contributed by atoms with E-state index in [0.717, 1.165) is 12.1 Å². The van der Waals surface area contributed by atoms with Crippen LogP contribution in [0.25, 0.3) is 22.3 Å². The molecule has 0 bridgehead atoms. The van der Waals surface area contributed by atoms with E-state index >= 15 is 0 Å². The van der Waals surface area contributed by atoms with Gasteiger partial charge >= 0.3 is 0 Å². The molecule has 4 rings (SSSR count). The highest BCUT2D eigenvalue weighted by Crippen LogP contribution is 2.39. The third-order valence-corrected chi connectivity index (χ3v) is 5.04. The number of phenols is 3. The lowest BCUT2D eigenvalue weighted by atomic mass is 10.1. The van der Waals surface area contributed by atoms with Gasteiger partial charge in [-0.05, 0) is 18.2 Å². The molecule has 11 heteroatoms. The van der Waals surface area contributed by atoms with Gasteiger partial charge in [-0.25, -0.2) is 0 Å². The van der Waals surface area contributed by atoms with Crippen molar-refractivity contribution < 1.29 is 49.3 Å². The fraction of sp³-hybridized carbons (Fsp3) is 0.286. The van der Waals surface area contributed by atoms with Crippen LogP contribution in [0, 0.1) is 0 Å². The van der Waals surface area contributed by atoms with E-state index in [4.69, 9.17) is 18.6 Å². The zero-order valence-electron chi connectivity index (χ0n) is 16.6. The Morgan fingerprint density at radius 2 is 1.75 bits per heavy atom. The summed E-state index contributed by atoms with van der Waals surface area (Å²) in [5, 5.41) is 59.2. The highest BCUT2D eigenvalue weighted by Gasteiger charge is 2.39. The predicted molar refractivity (Wildman–Crippen MR) is 108 cm³/mol. The first-order valence-electron chi connectivity index (χ1n) is 9.44. The summed E-state index contributed by atoms with van der Waals surface area (Å²) in [6, 6.07) is 6.04. The van der Waals surface area contributed by atoms with Crippen LogP contribution in [0.15, 0.2) is 39.5 Å². The molecule has 1 aromatic heterocycles. The average Bonchev–Trinajstić information content (AvgIpc) is 2.74. The summed E-state index contributed by atoms with van der Waals surface area (Å²) >= 11 is 0. The van der Waals surface area contributed by atoms with Crippen LogP contribution in [0.1, 0.15) is 0 Å². The van der Waals surface area contributed by atoms with Crippen molar-refractivity contribution in [2.75, 3.05) is 13.7 Å². The SMILES string of the molecule is COc1c(-c2ccc(O)c(OC3OCC(O)C(O)C3O)c2)oc2cc(O)cc(O)c2c1=O. The second-order valence-corrected chi connectivity index (χ2v) is 7.18. The van der Waals surface area contributed by atoms with E-state index in [2.05, 4.69) is 0 Å². The Balaban J connectivity index is 1.79. The van der Waals surface area contributed by atoms with Gasteiger partial charge in [-0.3, -0.25) is 4.79 Å². The predicted octanol–water partition coefficient (Wildman–Crippen LogP) is 0.403. The zero-order valence-corrected chi connectivity index (χ0v) is 16.6. The normalized spacial score (nSPS) is 23.2. The molecule has 1 aliphatic heterocycles. The largest absolute Gasteiger partial charge is 0.508 e. The number of ether oxygens (including phenoxy) is 3. The molecule has 1 aliphatic rings. The van der Waals surface area contributed by atoms with Crippen molar-refractivity contribution in [2.24, 2.45) is 0 Å². The van der Waals surface area contributed by atoms with Crippen LogP contribution in [0.3, 0.4) is 0 Å². The van der Waals surface area contributed by atoms with E-state index in [-0.39, 0.29) is 51.9 Å². The van der Waals surface area contributed by atoms with Crippen molar-refractivity contribution in [1.29, 1.82) is 0 Å². The number of rotatable bonds is 4. The van der Waals surface area contributed by atoms with Gasteiger partial charge in [0.1, 0.15) is 40.8 Å². The summed E-state index contributed by atoms with van der Waals surface area (Å²) in [6.07, 6.45) is -5.80. The topological polar surface area (TPSA) is 179 Å². The number of aliphatic hydroxyl groups is 3. The van der Waals surface area contributed by atoms with Crippen molar-refractivity contribution in [3.05, 3.63) is 40.6 Å². The number of methoxy groups -OCH3 is 1. The lowest BCUT2D eigenvalue weighted by Gasteiger charge is -2.35.